The highest BCUT2D eigenvalue weighted by Gasteiger charge is 2.38. The van der Waals surface area contributed by atoms with Crippen molar-refractivity contribution in [2.24, 2.45) is 0 Å². The van der Waals surface area contributed by atoms with Crippen LogP contribution in [0, 0.1) is 0 Å². The Morgan fingerprint density at radius 3 is 2.32 bits per heavy atom. The molecule has 1 aliphatic heterocycles. The third-order valence-electron chi connectivity index (χ3n) is 4.49. The summed E-state index contributed by atoms with van der Waals surface area (Å²) >= 11 is 0. The summed E-state index contributed by atoms with van der Waals surface area (Å²) in [5, 5.41) is 2.73. The summed E-state index contributed by atoms with van der Waals surface area (Å²) in [5.41, 5.74) is -1.48. The van der Waals surface area contributed by atoms with Crippen LogP contribution in [0.4, 0.5) is 29.3 Å². The van der Waals surface area contributed by atoms with Crippen molar-refractivity contribution in [3.63, 3.8) is 0 Å². The molecule has 1 N–H and O–H groups in total. The van der Waals surface area contributed by atoms with Gasteiger partial charge in [0.25, 0.3) is 0 Å². The number of nitrogens with zero attached hydrogens (tertiary/aromatic N) is 2. The zero-order chi connectivity index (χ0) is 21.1. The maximum absolute atomic E-state index is 13.5. The minimum atomic E-state index is -4.60. The second-order valence-electron chi connectivity index (χ2n) is 7.66. The summed E-state index contributed by atoms with van der Waals surface area (Å²) < 4.78 is 45.9. The molecule has 0 bridgehead atoms. The van der Waals surface area contributed by atoms with Crippen LogP contribution in [0.2, 0.25) is 0 Å². The van der Waals surface area contributed by atoms with E-state index in [4.69, 9.17) is 4.74 Å². The number of anilines is 2. The second kappa shape index (κ2) is 8.28. The Labute approximate surface area is 162 Å². The highest BCUT2D eigenvalue weighted by atomic mass is 19.4. The first-order chi connectivity index (χ1) is 13.0. The molecule has 0 atom stereocenters. The molecular formula is C19H26F3N3O3. The van der Waals surface area contributed by atoms with E-state index >= 15 is 0 Å². The quantitative estimate of drug-likeness (QED) is 0.772. The molecule has 28 heavy (non-hydrogen) atoms. The van der Waals surface area contributed by atoms with Crippen molar-refractivity contribution in [3.8, 4) is 0 Å². The van der Waals surface area contributed by atoms with Crippen LogP contribution in [0.15, 0.2) is 18.2 Å². The number of ether oxygens (including phenoxy) is 1. The van der Waals surface area contributed by atoms with Gasteiger partial charge in [0, 0.05) is 26.2 Å². The molecule has 1 aliphatic rings. The zero-order valence-corrected chi connectivity index (χ0v) is 16.5. The van der Waals surface area contributed by atoms with E-state index in [1.807, 2.05) is 0 Å². The highest BCUT2D eigenvalue weighted by Crippen LogP contribution is 2.42. The number of piperidine rings is 1. The van der Waals surface area contributed by atoms with E-state index in [-0.39, 0.29) is 11.4 Å². The summed E-state index contributed by atoms with van der Waals surface area (Å²) in [5.74, 6) is 0. The SMILES string of the molecule is CNc1cccc(C(F)(F)F)c1N(C=O)C1CCN(C(=O)OC(C)(C)C)CC1. The lowest BCUT2D eigenvalue weighted by atomic mass is 10.0. The summed E-state index contributed by atoms with van der Waals surface area (Å²) in [6.07, 6.45) is -3.92. The number of halogens is 3. The van der Waals surface area contributed by atoms with E-state index in [0.717, 1.165) is 11.0 Å². The standard InChI is InChI=1S/C19H26F3N3O3/c1-18(2,3)28-17(27)24-10-8-13(9-11-24)25(12-26)16-14(19(20,21)22)6-5-7-15(16)23-4/h5-7,12-13,23H,8-11H2,1-4H3. The van der Waals surface area contributed by atoms with Gasteiger partial charge < -0.3 is 19.9 Å². The fourth-order valence-corrected chi connectivity index (χ4v) is 3.23. The number of hydrogen-bond acceptors (Lipinski definition) is 4. The third-order valence-corrected chi connectivity index (χ3v) is 4.49. The van der Waals surface area contributed by atoms with Crippen molar-refractivity contribution in [1.29, 1.82) is 0 Å². The first-order valence-electron chi connectivity index (χ1n) is 9.07. The van der Waals surface area contributed by atoms with Crippen LogP contribution in [-0.2, 0) is 15.7 Å². The van der Waals surface area contributed by atoms with Gasteiger partial charge in [-0.2, -0.15) is 13.2 Å². The molecule has 1 aromatic rings. The molecule has 2 rings (SSSR count). The molecule has 0 saturated carbocycles. The van der Waals surface area contributed by atoms with Crippen LogP contribution in [0.5, 0.6) is 0 Å². The number of hydrogen-bond donors (Lipinski definition) is 1. The molecule has 1 aromatic carbocycles. The Hall–Kier alpha value is -2.45. The molecule has 156 valence electrons. The Kier molecular flexibility index (Phi) is 6.46. The van der Waals surface area contributed by atoms with E-state index in [1.54, 1.807) is 20.8 Å². The Balaban J connectivity index is 2.23. The molecule has 0 aromatic heterocycles. The van der Waals surface area contributed by atoms with Crippen molar-refractivity contribution < 1.29 is 27.5 Å². The molecule has 0 aliphatic carbocycles. The van der Waals surface area contributed by atoms with Crippen LogP contribution >= 0.6 is 0 Å². The topological polar surface area (TPSA) is 61.9 Å². The van der Waals surface area contributed by atoms with Gasteiger partial charge in [-0.3, -0.25) is 4.79 Å². The van der Waals surface area contributed by atoms with E-state index in [0.29, 0.717) is 32.3 Å². The molecule has 9 heteroatoms. The van der Waals surface area contributed by atoms with Gasteiger partial charge >= 0.3 is 12.3 Å². The van der Waals surface area contributed by atoms with Gasteiger partial charge in [0.05, 0.1) is 16.9 Å². The van der Waals surface area contributed by atoms with Crippen molar-refractivity contribution in [1.82, 2.24) is 4.90 Å². The van der Waals surface area contributed by atoms with Crippen LogP contribution in [0.1, 0.15) is 39.2 Å². The monoisotopic (exact) mass is 401 g/mol. The van der Waals surface area contributed by atoms with Crippen LogP contribution in [0.25, 0.3) is 0 Å². The first kappa shape index (κ1) is 21.8. The van der Waals surface area contributed by atoms with Crippen molar-refractivity contribution in [2.45, 2.75) is 51.4 Å². The predicted octanol–water partition coefficient (Wildman–Crippen LogP) is 4.11. The van der Waals surface area contributed by atoms with Gasteiger partial charge in [0.15, 0.2) is 0 Å². The van der Waals surface area contributed by atoms with Crippen molar-refractivity contribution in [3.05, 3.63) is 23.8 Å². The third kappa shape index (κ3) is 5.08. The fraction of sp³-hybridized carbons (Fsp3) is 0.579. The van der Waals surface area contributed by atoms with Crippen LogP contribution in [-0.4, -0.2) is 49.2 Å². The molecule has 1 fully saturated rings. The fourth-order valence-electron chi connectivity index (χ4n) is 3.23. The summed E-state index contributed by atoms with van der Waals surface area (Å²) in [6.45, 7) is 5.89. The minimum absolute atomic E-state index is 0.191. The lowest BCUT2D eigenvalue weighted by Gasteiger charge is -2.38. The maximum Gasteiger partial charge on any atom is 0.418 e. The average molecular weight is 401 g/mol. The number of para-hydroxylation sites is 1. The number of likely N-dealkylation sites (tertiary alicyclic amines) is 1. The van der Waals surface area contributed by atoms with Gasteiger partial charge in [-0.15, -0.1) is 0 Å². The van der Waals surface area contributed by atoms with Crippen LogP contribution < -0.4 is 10.2 Å². The van der Waals surface area contributed by atoms with Gasteiger partial charge in [-0.1, -0.05) is 6.07 Å². The van der Waals surface area contributed by atoms with E-state index < -0.39 is 29.5 Å². The number of rotatable bonds is 4. The Morgan fingerprint density at radius 1 is 1.25 bits per heavy atom. The molecule has 1 saturated heterocycles. The van der Waals surface area contributed by atoms with Crippen molar-refractivity contribution in [2.75, 3.05) is 30.4 Å². The lowest BCUT2D eigenvalue weighted by Crippen LogP contribution is -2.48. The highest BCUT2D eigenvalue weighted by molar-refractivity contribution is 5.87. The summed E-state index contributed by atoms with van der Waals surface area (Å²) in [6, 6.07) is 3.30. The molecule has 6 nitrogen and oxygen atoms in total. The number of benzene rings is 1. The van der Waals surface area contributed by atoms with E-state index in [2.05, 4.69) is 5.32 Å². The predicted molar refractivity (Wildman–Crippen MR) is 100 cm³/mol. The van der Waals surface area contributed by atoms with Gasteiger partial charge in [-0.25, -0.2) is 4.79 Å². The maximum atomic E-state index is 13.5. The molecule has 0 radical (unpaired) electrons. The Bertz CT molecular complexity index is 709. The number of nitrogens with one attached hydrogen (secondary N) is 1. The zero-order valence-electron chi connectivity index (χ0n) is 16.5. The average Bonchev–Trinajstić information content (AvgIpc) is 2.60. The number of carbonyl (C=O) groups excluding carboxylic acids is 2. The minimum Gasteiger partial charge on any atom is -0.444 e. The van der Waals surface area contributed by atoms with E-state index in [1.165, 1.54) is 24.1 Å². The number of amides is 2. The van der Waals surface area contributed by atoms with Crippen LogP contribution in [0.3, 0.4) is 0 Å². The first-order valence-corrected chi connectivity index (χ1v) is 9.07. The van der Waals surface area contributed by atoms with Gasteiger partial charge in [0.1, 0.15) is 5.60 Å². The second-order valence-corrected chi connectivity index (χ2v) is 7.66. The largest absolute Gasteiger partial charge is 0.444 e. The normalized spacial score (nSPS) is 15.9. The number of carbonyl (C=O) groups is 2. The van der Waals surface area contributed by atoms with Crippen molar-refractivity contribution >= 4 is 23.9 Å². The molecule has 0 spiro atoms. The molecular weight excluding hydrogens is 375 g/mol. The summed E-state index contributed by atoms with van der Waals surface area (Å²) in [4.78, 5) is 26.6. The summed E-state index contributed by atoms with van der Waals surface area (Å²) in [7, 11) is 1.51. The Morgan fingerprint density at radius 2 is 1.86 bits per heavy atom. The molecule has 2 amide bonds. The van der Waals surface area contributed by atoms with Gasteiger partial charge in [-0.05, 0) is 45.7 Å². The number of alkyl halides is 3. The van der Waals surface area contributed by atoms with Gasteiger partial charge in [0.2, 0.25) is 6.41 Å². The molecule has 1 heterocycles. The smallest absolute Gasteiger partial charge is 0.418 e. The molecule has 0 unspecified atom stereocenters. The lowest BCUT2D eigenvalue weighted by molar-refractivity contribution is -0.137. The van der Waals surface area contributed by atoms with E-state index in [9.17, 15) is 22.8 Å².